The Hall–Kier alpha value is -2.88. The average Bonchev–Trinajstić information content (AvgIpc) is 3.29. The minimum atomic E-state index is -2.00. The molecule has 7 nitrogen and oxygen atoms in total. The van der Waals surface area contributed by atoms with Crippen LogP contribution >= 0.6 is 0 Å². The van der Waals surface area contributed by atoms with Gasteiger partial charge < -0.3 is 10.3 Å². The van der Waals surface area contributed by atoms with E-state index < -0.39 is 11.3 Å². The van der Waals surface area contributed by atoms with E-state index in [0.717, 1.165) is 59.1 Å². The lowest BCUT2D eigenvalue weighted by Crippen LogP contribution is -2.23. The van der Waals surface area contributed by atoms with Crippen LogP contribution in [0.2, 0.25) is 0 Å². The van der Waals surface area contributed by atoms with Crippen LogP contribution in [0.1, 0.15) is 55.8 Å². The topological polar surface area (TPSA) is 103 Å². The molecule has 0 aliphatic heterocycles. The fraction of sp³-hybridized carbons (Fsp3) is 0.385. The summed E-state index contributed by atoms with van der Waals surface area (Å²) in [6.45, 7) is 3.18. The molecule has 1 fully saturated rings. The summed E-state index contributed by atoms with van der Waals surface area (Å²) in [5.74, 6) is 2.08. The van der Waals surface area contributed by atoms with Gasteiger partial charge in [0.05, 0.1) is 16.6 Å². The third-order valence-electron chi connectivity index (χ3n) is 7.27. The Morgan fingerprint density at radius 3 is 2.71 bits per heavy atom. The van der Waals surface area contributed by atoms with Crippen LogP contribution in [-0.2, 0) is 11.3 Å². The SMILES string of the molecule is CC(c1nc2ccc(NCCNS(=O)O)cc2[nH]1)C1CCC(c2ccnc3ccc(F)cc23)CC1. The zero-order valence-corrected chi connectivity index (χ0v) is 20.4. The minimum absolute atomic E-state index is 0.212. The molecule has 1 aliphatic carbocycles. The Morgan fingerprint density at radius 1 is 1.11 bits per heavy atom. The molecule has 0 saturated heterocycles. The van der Waals surface area contributed by atoms with Gasteiger partial charge in [-0.05, 0) is 85.5 Å². The number of nitrogens with zero attached hydrogens (tertiary/aromatic N) is 2. The molecule has 0 amide bonds. The smallest absolute Gasteiger partial charge is 0.231 e. The lowest BCUT2D eigenvalue weighted by atomic mass is 9.73. The number of fused-ring (bicyclic) bond motifs is 2. The second-order valence-corrected chi connectivity index (χ2v) is 10.2. The predicted octanol–water partition coefficient (Wildman–Crippen LogP) is 5.47. The van der Waals surface area contributed by atoms with Crippen molar-refractivity contribution in [2.45, 2.75) is 44.4 Å². The number of pyridine rings is 1. The number of nitrogens with one attached hydrogen (secondary N) is 3. The van der Waals surface area contributed by atoms with E-state index in [-0.39, 0.29) is 5.82 Å². The van der Waals surface area contributed by atoms with Gasteiger partial charge in [0, 0.05) is 36.3 Å². The molecular formula is C26H30FN5O2S. The number of anilines is 1. The Kier molecular flexibility index (Phi) is 7.08. The number of hydrogen-bond donors (Lipinski definition) is 4. The molecule has 2 atom stereocenters. The number of aromatic nitrogens is 3. The minimum Gasteiger partial charge on any atom is -0.384 e. The van der Waals surface area contributed by atoms with Crippen LogP contribution < -0.4 is 10.0 Å². The van der Waals surface area contributed by atoms with Crippen molar-refractivity contribution in [2.24, 2.45) is 5.92 Å². The summed E-state index contributed by atoms with van der Waals surface area (Å²) in [6, 6.07) is 12.9. The summed E-state index contributed by atoms with van der Waals surface area (Å²) >= 11 is -2.00. The number of H-pyrrole nitrogens is 1. The maximum atomic E-state index is 13.9. The van der Waals surface area contributed by atoms with Crippen molar-refractivity contribution in [2.75, 3.05) is 18.4 Å². The van der Waals surface area contributed by atoms with Gasteiger partial charge in [0.1, 0.15) is 11.6 Å². The van der Waals surface area contributed by atoms with Gasteiger partial charge in [0.25, 0.3) is 0 Å². The monoisotopic (exact) mass is 495 g/mol. The summed E-state index contributed by atoms with van der Waals surface area (Å²) < 4.78 is 35.8. The molecule has 2 aromatic carbocycles. The Bertz CT molecular complexity index is 1350. The second kappa shape index (κ2) is 10.4. The van der Waals surface area contributed by atoms with Gasteiger partial charge in [-0.3, -0.25) is 9.54 Å². The lowest BCUT2D eigenvalue weighted by Gasteiger charge is -2.32. The molecule has 2 heterocycles. The van der Waals surface area contributed by atoms with Crippen LogP contribution in [0.3, 0.4) is 0 Å². The van der Waals surface area contributed by atoms with E-state index in [1.165, 1.54) is 11.6 Å². The van der Waals surface area contributed by atoms with E-state index in [0.29, 0.717) is 30.8 Å². The molecule has 4 aromatic rings. The number of benzene rings is 2. The molecule has 2 unspecified atom stereocenters. The van der Waals surface area contributed by atoms with E-state index >= 15 is 0 Å². The van der Waals surface area contributed by atoms with E-state index in [1.54, 1.807) is 12.1 Å². The van der Waals surface area contributed by atoms with Crippen molar-refractivity contribution in [1.82, 2.24) is 19.7 Å². The summed E-state index contributed by atoms with van der Waals surface area (Å²) in [5.41, 5.74) is 4.92. The first-order valence-electron chi connectivity index (χ1n) is 12.1. The molecular weight excluding hydrogens is 465 g/mol. The van der Waals surface area contributed by atoms with E-state index in [9.17, 15) is 8.60 Å². The first-order chi connectivity index (χ1) is 17.0. The molecule has 5 rings (SSSR count). The predicted molar refractivity (Wildman–Crippen MR) is 138 cm³/mol. The van der Waals surface area contributed by atoms with Gasteiger partial charge in [-0.15, -0.1) is 0 Å². The zero-order valence-electron chi connectivity index (χ0n) is 19.6. The van der Waals surface area contributed by atoms with Gasteiger partial charge in [-0.2, -0.15) is 0 Å². The highest BCUT2D eigenvalue weighted by Gasteiger charge is 2.29. The first-order valence-corrected chi connectivity index (χ1v) is 13.2. The van der Waals surface area contributed by atoms with E-state index in [4.69, 9.17) is 9.54 Å². The molecule has 0 spiro atoms. The van der Waals surface area contributed by atoms with Crippen molar-refractivity contribution in [3.63, 3.8) is 0 Å². The molecule has 184 valence electrons. The van der Waals surface area contributed by atoms with Crippen LogP contribution in [0, 0.1) is 11.7 Å². The lowest BCUT2D eigenvalue weighted by molar-refractivity contribution is 0.286. The van der Waals surface area contributed by atoms with Gasteiger partial charge in [-0.25, -0.2) is 18.3 Å². The van der Waals surface area contributed by atoms with Crippen molar-refractivity contribution in [3.8, 4) is 0 Å². The van der Waals surface area contributed by atoms with Crippen LogP contribution in [0.5, 0.6) is 0 Å². The van der Waals surface area contributed by atoms with Crippen molar-refractivity contribution >= 4 is 38.9 Å². The largest absolute Gasteiger partial charge is 0.384 e. The Morgan fingerprint density at radius 2 is 1.91 bits per heavy atom. The molecule has 2 aromatic heterocycles. The zero-order chi connectivity index (χ0) is 24.4. The molecule has 4 N–H and O–H groups in total. The molecule has 35 heavy (non-hydrogen) atoms. The fourth-order valence-electron chi connectivity index (χ4n) is 5.35. The third kappa shape index (κ3) is 5.37. The quantitative estimate of drug-likeness (QED) is 0.192. The van der Waals surface area contributed by atoms with Crippen molar-refractivity contribution in [3.05, 3.63) is 65.9 Å². The van der Waals surface area contributed by atoms with E-state index in [2.05, 4.69) is 33.0 Å². The second-order valence-electron chi connectivity index (χ2n) is 9.39. The van der Waals surface area contributed by atoms with Crippen molar-refractivity contribution < 1.29 is 13.2 Å². The van der Waals surface area contributed by atoms with E-state index in [1.807, 2.05) is 24.4 Å². The van der Waals surface area contributed by atoms with Crippen molar-refractivity contribution in [1.29, 1.82) is 0 Å². The standard InChI is InChI=1S/C26H30FN5O2S/c1-16(26-31-24-9-7-20(15-25(24)32-26)28-12-13-30-35(33)34)17-2-4-18(5-3-17)21-10-11-29-23-8-6-19(27)14-22(21)23/h6-11,14-18,28,30H,2-5,12-13H2,1H3,(H,31,32)(H,33,34). The number of rotatable bonds is 8. The van der Waals surface area contributed by atoms with Gasteiger partial charge in [0.2, 0.25) is 11.3 Å². The summed E-state index contributed by atoms with van der Waals surface area (Å²) in [6.07, 6.45) is 6.20. The molecule has 0 radical (unpaired) electrons. The van der Waals surface area contributed by atoms with Crippen LogP contribution in [0.15, 0.2) is 48.7 Å². The molecule has 0 bridgehead atoms. The van der Waals surface area contributed by atoms with Gasteiger partial charge in [-0.1, -0.05) is 6.92 Å². The number of aromatic amines is 1. The van der Waals surface area contributed by atoms with Gasteiger partial charge >= 0.3 is 0 Å². The normalized spacial score (nSPS) is 20.2. The maximum absolute atomic E-state index is 13.9. The first kappa shape index (κ1) is 23.8. The summed E-state index contributed by atoms with van der Waals surface area (Å²) in [5, 5.41) is 4.18. The Labute approximate surface area is 206 Å². The summed E-state index contributed by atoms with van der Waals surface area (Å²) in [4.78, 5) is 12.8. The number of halogens is 1. The highest BCUT2D eigenvalue weighted by molar-refractivity contribution is 7.77. The molecule has 1 aliphatic rings. The molecule has 9 heteroatoms. The molecule has 1 saturated carbocycles. The highest BCUT2D eigenvalue weighted by atomic mass is 32.2. The maximum Gasteiger partial charge on any atom is 0.231 e. The Balaban J connectivity index is 1.24. The average molecular weight is 496 g/mol. The summed E-state index contributed by atoms with van der Waals surface area (Å²) in [7, 11) is 0. The third-order valence-corrected chi connectivity index (χ3v) is 7.72. The van der Waals surface area contributed by atoms with Gasteiger partial charge in [0.15, 0.2) is 0 Å². The highest BCUT2D eigenvalue weighted by Crippen LogP contribution is 2.43. The number of imidazole rings is 1. The number of hydrogen-bond acceptors (Lipinski definition) is 4. The fourth-order valence-corrected chi connectivity index (χ4v) is 5.63. The van der Waals surface area contributed by atoms with Crippen LogP contribution in [-0.4, -0.2) is 36.8 Å². The van der Waals surface area contributed by atoms with Crippen LogP contribution in [0.25, 0.3) is 21.9 Å². The van der Waals surface area contributed by atoms with Crippen LogP contribution in [0.4, 0.5) is 10.1 Å².